The van der Waals surface area contributed by atoms with Crippen molar-refractivity contribution in [2.45, 2.75) is 97.9 Å². The van der Waals surface area contributed by atoms with Crippen LogP contribution in [0.25, 0.3) is 5.57 Å². The average Bonchev–Trinajstić information content (AvgIpc) is 3.45. The lowest BCUT2D eigenvalue weighted by Crippen LogP contribution is -2.68. The molecule has 1 heterocycles. The average molecular weight is 708 g/mol. The molecule has 0 spiro atoms. The fourth-order valence-electron chi connectivity index (χ4n) is 13.7. The zero-order chi connectivity index (χ0) is 35.9. The first-order valence-electron chi connectivity index (χ1n) is 19.5. The molecule has 4 unspecified atom stereocenters. The van der Waals surface area contributed by atoms with E-state index in [-0.39, 0.29) is 50.5 Å². The van der Waals surface area contributed by atoms with Crippen molar-refractivity contribution in [2.75, 3.05) is 44.7 Å². The Bertz CT molecular complexity index is 1640. The van der Waals surface area contributed by atoms with Crippen molar-refractivity contribution in [3.05, 3.63) is 41.5 Å². The van der Waals surface area contributed by atoms with Crippen molar-refractivity contribution in [3.63, 3.8) is 0 Å². The fourth-order valence-corrected chi connectivity index (χ4v) is 15.0. The predicted molar refractivity (Wildman–Crippen MR) is 198 cm³/mol. The van der Waals surface area contributed by atoms with Crippen LogP contribution in [-0.4, -0.2) is 80.6 Å². The third kappa shape index (κ3) is 5.45. The van der Waals surface area contributed by atoms with Crippen LogP contribution < -0.4 is 10.6 Å². The Labute approximate surface area is 300 Å². The van der Waals surface area contributed by atoms with Crippen molar-refractivity contribution in [2.24, 2.45) is 51.2 Å². The molecule has 7 rings (SSSR count). The number of fused-ring (bicyclic) bond motifs is 7. The number of rotatable bonds is 7. The maximum Gasteiger partial charge on any atom is 0.335 e. The van der Waals surface area contributed by atoms with Crippen LogP contribution in [0.2, 0.25) is 0 Å². The summed E-state index contributed by atoms with van der Waals surface area (Å²) in [6.07, 6.45) is 12.5. The van der Waals surface area contributed by atoms with Gasteiger partial charge in [-0.3, -0.25) is 4.79 Å². The smallest absolute Gasteiger partial charge is 0.335 e. The molecule has 9 atom stereocenters. The first kappa shape index (κ1) is 36.1. The quantitative estimate of drug-likeness (QED) is 0.306. The Balaban J connectivity index is 1.16. The van der Waals surface area contributed by atoms with Gasteiger partial charge in [-0.2, -0.15) is 0 Å². The van der Waals surface area contributed by atoms with Crippen LogP contribution in [0, 0.1) is 51.2 Å². The molecule has 1 saturated heterocycles. The zero-order valence-corrected chi connectivity index (χ0v) is 32.1. The predicted octanol–water partition coefficient (Wildman–Crippen LogP) is 6.28. The number of carbonyl (C=O) groups is 2. The van der Waals surface area contributed by atoms with E-state index in [0.29, 0.717) is 42.3 Å². The minimum absolute atomic E-state index is 0.0240. The topological polar surface area (TPSA) is 116 Å². The second-order valence-corrected chi connectivity index (χ2v) is 20.8. The molecule has 1 aliphatic heterocycles. The minimum Gasteiger partial charge on any atom is -0.478 e. The second-order valence-electron chi connectivity index (χ2n) is 18.5. The summed E-state index contributed by atoms with van der Waals surface area (Å²) >= 11 is 0. The number of benzene rings is 1. The number of allylic oxidation sites excluding steroid dienone is 2. The van der Waals surface area contributed by atoms with Gasteiger partial charge < -0.3 is 20.6 Å². The van der Waals surface area contributed by atoms with E-state index in [2.05, 4.69) is 56.2 Å². The van der Waals surface area contributed by atoms with Crippen molar-refractivity contribution in [1.82, 2.24) is 15.5 Å². The molecule has 1 aromatic rings. The molecule has 0 aromatic heterocycles. The maximum atomic E-state index is 13.6. The molecule has 1 aromatic carbocycles. The van der Waals surface area contributed by atoms with E-state index in [1.54, 1.807) is 19.2 Å². The normalized spacial score (nSPS) is 41.9. The molecule has 276 valence electrons. The van der Waals surface area contributed by atoms with E-state index in [1.807, 2.05) is 12.1 Å². The summed E-state index contributed by atoms with van der Waals surface area (Å²) in [5.41, 5.74) is 3.24. The van der Waals surface area contributed by atoms with Gasteiger partial charge in [0.2, 0.25) is 5.91 Å². The number of sulfone groups is 1. The summed E-state index contributed by atoms with van der Waals surface area (Å²) in [5, 5.41) is 16.6. The molecule has 4 saturated carbocycles. The molecule has 3 N–H and O–H groups in total. The lowest BCUT2D eigenvalue weighted by Gasteiger charge is -2.72. The molecule has 5 aliphatic carbocycles. The molecule has 50 heavy (non-hydrogen) atoms. The zero-order valence-electron chi connectivity index (χ0n) is 31.3. The van der Waals surface area contributed by atoms with Crippen LogP contribution in [0.4, 0.5) is 0 Å². The number of nitrogens with zero attached hydrogens (tertiary/aromatic N) is 1. The van der Waals surface area contributed by atoms with Gasteiger partial charge in [-0.1, -0.05) is 52.8 Å². The van der Waals surface area contributed by atoms with Gasteiger partial charge in [-0.25, -0.2) is 13.2 Å². The highest BCUT2D eigenvalue weighted by molar-refractivity contribution is 7.91. The van der Waals surface area contributed by atoms with Crippen LogP contribution in [0.15, 0.2) is 30.3 Å². The van der Waals surface area contributed by atoms with E-state index in [1.165, 1.54) is 31.3 Å². The Morgan fingerprint density at radius 3 is 2.24 bits per heavy atom. The van der Waals surface area contributed by atoms with Gasteiger partial charge in [-0.05, 0) is 126 Å². The standard InChI is InChI=1S/C41H61N3O5S/c1-37(2)30(27-7-9-28(10-8-27)36(46)47)14-16-38(3)32(37)15-17-40(5)33(38)12-11-31-34-29(35(45)42-6)13-18-41(34,20-19-39(31,40)4)43-21-22-44-23-25-50(48,49)26-24-44/h7-10,14,29,31-34,43H,11-13,15-26H2,1-6H3,(H,42,45)(H,46,47)/t29-,31?,32+,33-,34?,38?,39-,40-,41?/m1/s1. The van der Waals surface area contributed by atoms with Crippen molar-refractivity contribution >= 4 is 27.3 Å². The highest BCUT2D eigenvalue weighted by Crippen LogP contribution is 2.76. The second kappa shape index (κ2) is 12.4. The first-order chi connectivity index (χ1) is 23.5. The Morgan fingerprint density at radius 2 is 1.58 bits per heavy atom. The molecule has 0 bridgehead atoms. The number of carboxylic acids is 1. The number of carbonyl (C=O) groups excluding carboxylic acids is 1. The largest absolute Gasteiger partial charge is 0.478 e. The summed E-state index contributed by atoms with van der Waals surface area (Å²) in [5.74, 6) is 1.76. The number of hydrogen-bond acceptors (Lipinski definition) is 6. The number of hydrogen-bond donors (Lipinski definition) is 3. The van der Waals surface area contributed by atoms with Crippen molar-refractivity contribution in [1.29, 1.82) is 0 Å². The van der Waals surface area contributed by atoms with Gasteiger partial charge in [0.1, 0.15) is 0 Å². The lowest BCUT2D eigenvalue weighted by molar-refractivity contribution is -0.220. The molecule has 6 aliphatic rings. The SMILES string of the molecule is CNC(=O)[C@@H]1CCC2(NCCN3CCS(=O)(=O)CC3)CC[C@]3(C)C(CC[C@@H]4C5(C)CC=C(c6ccc(C(=O)O)cc6)C(C)(C)[C@@H]5CC[C@]43C)C12. The van der Waals surface area contributed by atoms with Crippen LogP contribution in [-0.2, 0) is 14.6 Å². The lowest BCUT2D eigenvalue weighted by atomic mass is 9.33. The van der Waals surface area contributed by atoms with Crippen molar-refractivity contribution in [3.8, 4) is 0 Å². The van der Waals surface area contributed by atoms with Gasteiger partial charge in [-0.15, -0.1) is 0 Å². The number of amides is 1. The monoisotopic (exact) mass is 707 g/mol. The minimum atomic E-state index is -2.90. The summed E-state index contributed by atoms with van der Waals surface area (Å²) in [6.45, 7) is 15.6. The maximum absolute atomic E-state index is 13.6. The summed E-state index contributed by atoms with van der Waals surface area (Å²) in [6, 6.07) is 7.50. The number of carboxylic acid groups (broad SMARTS) is 1. The van der Waals surface area contributed by atoms with Crippen LogP contribution >= 0.6 is 0 Å². The van der Waals surface area contributed by atoms with Crippen LogP contribution in [0.1, 0.15) is 108 Å². The van der Waals surface area contributed by atoms with E-state index < -0.39 is 15.8 Å². The molecule has 1 amide bonds. The molecular formula is C41H61N3O5S. The van der Waals surface area contributed by atoms with Gasteiger partial charge in [0.05, 0.1) is 17.1 Å². The van der Waals surface area contributed by atoms with E-state index >= 15 is 0 Å². The molecule has 8 nitrogen and oxygen atoms in total. The first-order valence-corrected chi connectivity index (χ1v) is 21.3. The third-order valence-corrected chi connectivity index (χ3v) is 18.0. The summed E-state index contributed by atoms with van der Waals surface area (Å²) in [7, 11) is -1.10. The van der Waals surface area contributed by atoms with E-state index in [4.69, 9.17) is 0 Å². The highest BCUT2D eigenvalue weighted by atomic mass is 32.2. The Morgan fingerprint density at radius 1 is 0.880 bits per heavy atom. The van der Waals surface area contributed by atoms with Gasteiger partial charge in [0.25, 0.3) is 0 Å². The van der Waals surface area contributed by atoms with Crippen LogP contribution in [0.5, 0.6) is 0 Å². The number of aromatic carboxylic acids is 1. The van der Waals surface area contributed by atoms with Crippen molar-refractivity contribution < 1.29 is 23.1 Å². The van der Waals surface area contributed by atoms with Gasteiger partial charge in [0, 0.05) is 44.7 Å². The molecule has 5 fully saturated rings. The Hall–Kier alpha value is -2.23. The summed E-state index contributed by atoms with van der Waals surface area (Å²) in [4.78, 5) is 27.4. The molecule has 0 radical (unpaired) electrons. The summed E-state index contributed by atoms with van der Waals surface area (Å²) < 4.78 is 24.0. The van der Waals surface area contributed by atoms with Crippen LogP contribution in [0.3, 0.4) is 0 Å². The van der Waals surface area contributed by atoms with Gasteiger partial charge >= 0.3 is 5.97 Å². The Kier molecular flexibility index (Phi) is 8.99. The third-order valence-electron chi connectivity index (χ3n) is 16.4. The van der Waals surface area contributed by atoms with E-state index in [0.717, 1.165) is 50.8 Å². The molecular weight excluding hydrogens is 647 g/mol. The molecule has 9 heteroatoms. The van der Waals surface area contributed by atoms with Gasteiger partial charge in [0.15, 0.2) is 9.84 Å². The number of nitrogens with one attached hydrogen (secondary N) is 2. The van der Waals surface area contributed by atoms with E-state index in [9.17, 15) is 23.1 Å². The fraction of sp³-hybridized carbons (Fsp3) is 0.756. The highest BCUT2D eigenvalue weighted by Gasteiger charge is 2.70.